The van der Waals surface area contributed by atoms with Crippen LogP contribution in [0.25, 0.3) is 0 Å². The fraction of sp³-hybridized carbons (Fsp3) is 0.481. The van der Waals surface area contributed by atoms with Crippen molar-refractivity contribution in [3.05, 3.63) is 48.5 Å². The van der Waals surface area contributed by atoms with Gasteiger partial charge in [-0.1, -0.05) is 25.0 Å². The molecule has 8 nitrogen and oxygen atoms in total. The molecule has 5 rings (SSSR count). The first-order valence-electron chi connectivity index (χ1n) is 12.5. The van der Waals surface area contributed by atoms with Crippen LogP contribution in [0.4, 0.5) is 11.4 Å². The molecule has 1 saturated carbocycles. The van der Waals surface area contributed by atoms with Crippen molar-refractivity contribution in [3.63, 3.8) is 0 Å². The van der Waals surface area contributed by atoms with Gasteiger partial charge in [0.2, 0.25) is 5.91 Å². The van der Waals surface area contributed by atoms with Gasteiger partial charge in [-0.3, -0.25) is 24.3 Å². The van der Waals surface area contributed by atoms with E-state index < -0.39 is 5.54 Å². The number of nitrogens with zero attached hydrogens (tertiary/aromatic N) is 3. The van der Waals surface area contributed by atoms with Crippen molar-refractivity contribution in [1.29, 1.82) is 0 Å². The second-order valence-electron chi connectivity index (χ2n) is 9.58. The maximum absolute atomic E-state index is 13.7. The average molecular weight is 479 g/mol. The zero-order valence-corrected chi connectivity index (χ0v) is 20.4. The molecule has 2 aromatic rings. The van der Waals surface area contributed by atoms with E-state index in [0.717, 1.165) is 81.3 Å². The molecule has 0 unspecified atom stereocenters. The number of nitrogens with one attached hydrogen (secondary N) is 1. The minimum atomic E-state index is -0.744. The van der Waals surface area contributed by atoms with Crippen LogP contribution in [-0.2, 0) is 9.59 Å². The highest BCUT2D eigenvalue weighted by Crippen LogP contribution is 2.45. The Balaban J connectivity index is 1.15. The van der Waals surface area contributed by atoms with Crippen LogP contribution < -0.4 is 19.7 Å². The summed E-state index contributed by atoms with van der Waals surface area (Å²) in [6.45, 7) is 5.22. The normalized spacial score (nSPS) is 19.9. The van der Waals surface area contributed by atoms with Gasteiger partial charge in [-0.05, 0) is 49.2 Å². The third-order valence-corrected chi connectivity index (χ3v) is 7.48. The highest BCUT2D eigenvalue weighted by molar-refractivity contribution is 6.15. The first kappa shape index (κ1) is 23.6. The van der Waals surface area contributed by atoms with E-state index in [1.165, 1.54) is 0 Å². The van der Waals surface area contributed by atoms with Crippen LogP contribution in [0.1, 0.15) is 25.7 Å². The van der Waals surface area contributed by atoms with Crippen LogP contribution in [-0.4, -0.2) is 80.1 Å². The predicted octanol–water partition coefficient (Wildman–Crippen LogP) is 2.99. The number of carbonyl (C=O) groups is 2. The van der Waals surface area contributed by atoms with Crippen molar-refractivity contribution in [2.45, 2.75) is 31.2 Å². The minimum absolute atomic E-state index is 0.0190. The maximum atomic E-state index is 13.7. The Kier molecular flexibility index (Phi) is 6.92. The Hall–Kier alpha value is -3.10. The third kappa shape index (κ3) is 4.86. The van der Waals surface area contributed by atoms with Crippen LogP contribution in [0.5, 0.6) is 11.5 Å². The van der Waals surface area contributed by atoms with Crippen LogP contribution in [0.2, 0.25) is 0 Å². The number of para-hydroxylation sites is 2. The molecule has 1 saturated heterocycles. The lowest BCUT2D eigenvalue weighted by atomic mass is 9.89. The largest absolute Gasteiger partial charge is 0.497 e. The number of fused-ring (bicyclic) bond motifs is 1. The van der Waals surface area contributed by atoms with E-state index in [1.54, 1.807) is 7.11 Å². The third-order valence-electron chi connectivity index (χ3n) is 7.48. The van der Waals surface area contributed by atoms with Crippen molar-refractivity contribution in [1.82, 2.24) is 9.80 Å². The van der Waals surface area contributed by atoms with E-state index in [9.17, 15) is 9.59 Å². The van der Waals surface area contributed by atoms with E-state index >= 15 is 0 Å². The van der Waals surface area contributed by atoms with Crippen LogP contribution in [0.15, 0.2) is 48.5 Å². The summed E-state index contributed by atoms with van der Waals surface area (Å²) in [6.07, 6.45) is 3.38. The molecule has 0 aromatic heterocycles. The zero-order valence-electron chi connectivity index (χ0n) is 20.4. The first-order chi connectivity index (χ1) is 17.1. The molecule has 2 aromatic carbocycles. The lowest BCUT2D eigenvalue weighted by Gasteiger charge is -2.45. The fourth-order valence-electron chi connectivity index (χ4n) is 5.53. The van der Waals surface area contributed by atoms with Gasteiger partial charge in [-0.15, -0.1) is 0 Å². The van der Waals surface area contributed by atoms with E-state index in [-0.39, 0.29) is 11.8 Å². The number of benzene rings is 2. The van der Waals surface area contributed by atoms with Crippen molar-refractivity contribution >= 4 is 23.2 Å². The maximum Gasteiger partial charge on any atom is 0.250 e. The second kappa shape index (κ2) is 10.3. The number of hydrogen-bond acceptors (Lipinski definition) is 6. The Morgan fingerprint density at radius 1 is 0.943 bits per heavy atom. The van der Waals surface area contributed by atoms with Gasteiger partial charge >= 0.3 is 0 Å². The number of anilines is 2. The molecule has 1 aliphatic carbocycles. The smallest absolute Gasteiger partial charge is 0.250 e. The van der Waals surface area contributed by atoms with Gasteiger partial charge in [0, 0.05) is 32.7 Å². The summed E-state index contributed by atoms with van der Waals surface area (Å²) in [5.41, 5.74) is 0.810. The molecule has 3 aliphatic rings. The van der Waals surface area contributed by atoms with Crippen molar-refractivity contribution in [2.75, 3.05) is 63.2 Å². The quantitative estimate of drug-likeness (QED) is 0.660. The van der Waals surface area contributed by atoms with Gasteiger partial charge in [-0.2, -0.15) is 0 Å². The Bertz CT molecular complexity index is 1040. The molecule has 186 valence electrons. The number of methoxy groups -OCH3 is 1. The van der Waals surface area contributed by atoms with Gasteiger partial charge in [0.1, 0.15) is 23.6 Å². The van der Waals surface area contributed by atoms with E-state index in [4.69, 9.17) is 9.47 Å². The van der Waals surface area contributed by atoms with E-state index in [0.29, 0.717) is 13.2 Å². The number of piperazine rings is 1. The van der Waals surface area contributed by atoms with E-state index in [2.05, 4.69) is 15.1 Å². The molecule has 2 amide bonds. The molecule has 0 atom stereocenters. The molecule has 8 heteroatoms. The topological polar surface area (TPSA) is 74.4 Å². The molecule has 1 spiro atoms. The standard InChI is InChI=1S/C27H34N4O4/c1-34-21-8-10-22(11-9-21)35-19-18-29-14-16-30(17-15-29)20-25(32)31-24-7-3-2-6-23(24)28-26(33)27(31)12-4-5-13-27/h2-3,6-11H,4-5,12-20H2,1H3,(H,28,33). The van der Waals surface area contributed by atoms with Crippen molar-refractivity contribution < 1.29 is 19.1 Å². The van der Waals surface area contributed by atoms with Gasteiger partial charge in [0.05, 0.1) is 25.0 Å². The number of amides is 2. The SMILES string of the molecule is COc1ccc(OCCN2CCN(CC(=O)N3c4ccccc4NC(=O)C34CCCC4)CC2)cc1. The molecule has 0 radical (unpaired) electrons. The molecule has 2 fully saturated rings. The van der Waals surface area contributed by atoms with Crippen LogP contribution >= 0.6 is 0 Å². The summed E-state index contributed by atoms with van der Waals surface area (Å²) in [5, 5.41) is 3.05. The molecule has 2 heterocycles. The number of rotatable bonds is 7. The minimum Gasteiger partial charge on any atom is -0.497 e. The summed E-state index contributed by atoms with van der Waals surface area (Å²) < 4.78 is 11.0. The zero-order chi connectivity index (χ0) is 24.3. The summed E-state index contributed by atoms with van der Waals surface area (Å²) in [6, 6.07) is 15.3. The number of carbonyl (C=O) groups excluding carboxylic acids is 2. The summed E-state index contributed by atoms with van der Waals surface area (Å²) in [4.78, 5) is 33.2. The molecule has 2 aliphatic heterocycles. The molecule has 0 bridgehead atoms. The van der Waals surface area contributed by atoms with Crippen molar-refractivity contribution in [3.8, 4) is 11.5 Å². The van der Waals surface area contributed by atoms with Gasteiger partial charge in [0.15, 0.2) is 0 Å². The molecular formula is C27H34N4O4. The number of ether oxygens (including phenoxy) is 2. The summed E-state index contributed by atoms with van der Waals surface area (Å²) >= 11 is 0. The highest BCUT2D eigenvalue weighted by atomic mass is 16.5. The number of hydrogen-bond donors (Lipinski definition) is 1. The van der Waals surface area contributed by atoms with E-state index in [1.807, 2.05) is 53.4 Å². The molecule has 35 heavy (non-hydrogen) atoms. The van der Waals surface area contributed by atoms with Crippen molar-refractivity contribution in [2.24, 2.45) is 0 Å². The van der Waals surface area contributed by atoms with Crippen LogP contribution in [0, 0.1) is 0 Å². The van der Waals surface area contributed by atoms with Gasteiger partial charge in [0.25, 0.3) is 5.91 Å². The lowest BCUT2D eigenvalue weighted by Crippen LogP contribution is -2.62. The Labute approximate surface area is 206 Å². The first-order valence-corrected chi connectivity index (χ1v) is 12.5. The average Bonchev–Trinajstić information content (AvgIpc) is 3.36. The van der Waals surface area contributed by atoms with Gasteiger partial charge < -0.3 is 14.8 Å². The monoisotopic (exact) mass is 478 g/mol. The molecular weight excluding hydrogens is 444 g/mol. The second-order valence-corrected chi connectivity index (χ2v) is 9.58. The predicted molar refractivity (Wildman–Crippen MR) is 135 cm³/mol. The summed E-state index contributed by atoms with van der Waals surface area (Å²) in [7, 11) is 1.65. The lowest BCUT2D eigenvalue weighted by molar-refractivity contribution is -0.128. The highest BCUT2D eigenvalue weighted by Gasteiger charge is 2.52. The molecule has 1 N–H and O–H groups in total. The van der Waals surface area contributed by atoms with Gasteiger partial charge in [-0.25, -0.2) is 0 Å². The fourth-order valence-corrected chi connectivity index (χ4v) is 5.53. The summed E-state index contributed by atoms with van der Waals surface area (Å²) in [5.74, 6) is 1.63. The van der Waals surface area contributed by atoms with Crippen LogP contribution in [0.3, 0.4) is 0 Å². The Morgan fingerprint density at radius 2 is 1.60 bits per heavy atom. The Morgan fingerprint density at radius 3 is 2.31 bits per heavy atom.